The normalized spacial score (nSPS) is 22.3. The van der Waals surface area contributed by atoms with Gasteiger partial charge in [-0.15, -0.1) is 0 Å². The Labute approximate surface area is 198 Å². The SMILES string of the molecule is CCCCC(C)(C)C(O)C=C[C@H]1C(O)CC(=O)C1CC=CCCCC(=O)Oc1ccccc1. The Morgan fingerprint density at radius 3 is 2.64 bits per heavy atom. The van der Waals surface area contributed by atoms with Crippen molar-refractivity contribution in [2.24, 2.45) is 17.3 Å². The summed E-state index contributed by atoms with van der Waals surface area (Å²) in [7, 11) is 0. The third-order valence-corrected chi connectivity index (χ3v) is 6.51. The number of rotatable bonds is 13. The number of allylic oxidation sites excluding steroid dienone is 2. The van der Waals surface area contributed by atoms with Gasteiger partial charge in [-0.3, -0.25) is 9.59 Å². The molecular weight excluding hydrogens is 416 g/mol. The van der Waals surface area contributed by atoms with E-state index in [9.17, 15) is 19.8 Å². The molecule has 1 aliphatic rings. The largest absolute Gasteiger partial charge is 0.427 e. The molecular formula is C28H40O5. The molecule has 4 atom stereocenters. The van der Waals surface area contributed by atoms with Crippen LogP contribution in [0.15, 0.2) is 54.6 Å². The minimum atomic E-state index is -0.703. The van der Waals surface area contributed by atoms with Gasteiger partial charge in [0.15, 0.2) is 0 Å². The van der Waals surface area contributed by atoms with Crippen LogP contribution < -0.4 is 4.74 Å². The molecule has 0 aliphatic heterocycles. The van der Waals surface area contributed by atoms with Gasteiger partial charge in [0, 0.05) is 24.7 Å². The van der Waals surface area contributed by atoms with E-state index in [0.29, 0.717) is 25.0 Å². The predicted molar refractivity (Wildman–Crippen MR) is 131 cm³/mol. The number of aliphatic hydroxyl groups is 2. The third-order valence-electron chi connectivity index (χ3n) is 6.51. The first kappa shape index (κ1) is 27.0. The predicted octanol–water partition coefficient (Wildman–Crippen LogP) is 5.41. The minimum absolute atomic E-state index is 0.0629. The first-order chi connectivity index (χ1) is 15.7. The fraction of sp³-hybridized carbons (Fsp3) is 0.571. The maximum atomic E-state index is 12.4. The highest BCUT2D eigenvalue weighted by Gasteiger charge is 2.39. The van der Waals surface area contributed by atoms with E-state index in [-0.39, 0.29) is 35.4 Å². The number of Topliss-reactive ketones (excluding diaryl/α,β-unsaturated/α-hetero) is 1. The molecule has 0 bridgehead atoms. The molecule has 0 amide bonds. The molecule has 182 valence electrons. The van der Waals surface area contributed by atoms with Gasteiger partial charge < -0.3 is 14.9 Å². The lowest BCUT2D eigenvalue weighted by atomic mass is 9.80. The van der Waals surface area contributed by atoms with Crippen LogP contribution >= 0.6 is 0 Å². The molecule has 1 fully saturated rings. The molecule has 0 saturated heterocycles. The van der Waals surface area contributed by atoms with Gasteiger partial charge >= 0.3 is 5.97 Å². The molecule has 1 aliphatic carbocycles. The van der Waals surface area contributed by atoms with Crippen molar-refractivity contribution in [1.29, 1.82) is 0 Å². The Balaban J connectivity index is 1.79. The molecule has 1 saturated carbocycles. The second-order valence-corrected chi connectivity index (χ2v) is 9.73. The zero-order valence-corrected chi connectivity index (χ0v) is 20.3. The molecule has 33 heavy (non-hydrogen) atoms. The standard InChI is InChI=1S/C28H40O5/c1-4-5-19-28(2,3)26(31)18-17-23-22(24(29)20-25(23)30)15-11-6-7-12-16-27(32)33-21-13-9-8-10-14-21/h6,8-11,13-14,17-18,22-23,25-26,30-31H,4-5,7,12,15-16,19-20H2,1-3H3/t22?,23-,25?,26?/m1/s1. The van der Waals surface area contributed by atoms with Crippen molar-refractivity contribution in [3.05, 3.63) is 54.6 Å². The van der Waals surface area contributed by atoms with Gasteiger partial charge in [0.1, 0.15) is 11.5 Å². The van der Waals surface area contributed by atoms with Crippen molar-refractivity contribution in [3.8, 4) is 5.75 Å². The summed E-state index contributed by atoms with van der Waals surface area (Å²) in [6.07, 6.45) is 11.7. The average molecular weight is 457 g/mol. The maximum absolute atomic E-state index is 12.4. The van der Waals surface area contributed by atoms with Crippen molar-refractivity contribution in [3.63, 3.8) is 0 Å². The van der Waals surface area contributed by atoms with Crippen molar-refractivity contribution >= 4 is 11.8 Å². The Bertz CT molecular complexity index is 796. The molecule has 2 N–H and O–H groups in total. The van der Waals surface area contributed by atoms with Crippen LogP contribution in [0, 0.1) is 17.3 Å². The number of carbonyl (C=O) groups is 2. The highest BCUT2D eigenvalue weighted by atomic mass is 16.5. The zero-order valence-electron chi connectivity index (χ0n) is 20.3. The van der Waals surface area contributed by atoms with Gasteiger partial charge in [-0.2, -0.15) is 0 Å². The Morgan fingerprint density at radius 2 is 1.94 bits per heavy atom. The summed E-state index contributed by atoms with van der Waals surface area (Å²) in [5, 5.41) is 21.0. The summed E-state index contributed by atoms with van der Waals surface area (Å²) in [5.41, 5.74) is -0.239. The van der Waals surface area contributed by atoms with Crippen LogP contribution in [-0.2, 0) is 9.59 Å². The lowest BCUT2D eigenvalue weighted by molar-refractivity contribution is -0.134. The lowest BCUT2D eigenvalue weighted by Gasteiger charge is -2.29. The van der Waals surface area contributed by atoms with Crippen LogP contribution in [0.25, 0.3) is 0 Å². The number of hydrogen-bond donors (Lipinski definition) is 2. The zero-order chi connectivity index (χ0) is 24.3. The quantitative estimate of drug-likeness (QED) is 0.179. The summed E-state index contributed by atoms with van der Waals surface area (Å²) in [6, 6.07) is 9.01. The average Bonchev–Trinajstić information content (AvgIpc) is 3.05. The van der Waals surface area contributed by atoms with Crippen molar-refractivity contribution in [2.75, 3.05) is 0 Å². The van der Waals surface area contributed by atoms with Crippen LogP contribution in [0.3, 0.4) is 0 Å². The van der Waals surface area contributed by atoms with E-state index in [4.69, 9.17) is 4.74 Å². The smallest absolute Gasteiger partial charge is 0.311 e. The number of esters is 1. The third kappa shape index (κ3) is 8.90. The second kappa shape index (κ2) is 13.5. The summed E-state index contributed by atoms with van der Waals surface area (Å²) in [5.74, 6) is -0.197. The summed E-state index contributed by atoms with van der Waals surface area (Å²) < 4.78 is 5.27. The highest BCUT2D eigenvalue weighted by Crippen LogP contribution is 2.35. The topological polar surface area (TPSA) is 83.8 Å². The van der Waals surface area contributed by atoms with Gasteiger partial charge in [0.2, 0.25) is 0 Å². The van der Waals surface area contributed by atoms with Crippen LogP contribution in [-0.4, -0.2) is 34.2 Å². The van der Waals surface area contributed by atoms with Crippen molar-refractivity contribution in [1.82, 2.24) is 0 Å². The van der Waals surface area contributed by atoms with Gasteiger partial charge in [0.05, 0.1) is 12.2 Å². The van der Waals surface area contributed by atoms with Crippen molar-refractivity contribution in [2.45, 2.75) is 84.3 Å². The molecule has 0 aromatic heterocycles. The maximum Gasteiger partial charge on any atom is 0.311 e. The summed E-state index contributed by atoms with van der Waals surface area (Å²) in [4.78, 5) is 24.3. The Kier molecular flexibility index (Phi) is 11.0. The van der Waals surface area contributed by atoms with Gasteiger partial charge in [0.25, 0.3) is 0 Å². The number of ether oxygens (including phenoxy) is 1. The first-order valence-electron chi connectivity index (χ1n) is 12.2. The van der Waals surface area contributed by atoms with Crippen LogP contribution in [0.4, 0.5) is 0 Å². The molecule has 2 rings (SSSR count). The summed E-state index contributed by atoms with van der Waals surface area (Å²) >= 11 is 0. The van der Waals surface area contributed by atoms with Crippen LogP contribution in [0.2, 0.25) is 0 Å². The second-order valence-electron chi connectivity index (χ2n) is 9.73. The van der Waals surface area contributed by atoms with Gasteiger partial charge in [-0.05, 0) is 43.2 Å². The number of carbonyl (C=O) groups excluding carboxylic acids is 2. The van der Waals surface area contributed by atoms with E-state index in [2.05, 4.69) is 6.92 Å². The highest BCUT2D eigenvalue weighted by molar-refractivity contribution is 5.84. The number of hydrogen-bond acceptors (Lipinski definition) is 5. The van der Waals surface area contributed by atoms with E-state index in [1.165, 1.54) is 0 Å². The van der Waals surface area contributed by atoms with Crippen molar-refractivity contribution < 1.29 is 24.5 Å². The Hall–Kier alpha value is -2.24. The minimum Gasteiger partial charge on any atom is -0.427 e. The first-order valence-corrected chi connectivity index (χ1v) is 12.2. The fourth-order valence-corrected chi connectivity index (χ4v) is 4.20. The molecule has 1 aromatic carbocycles. The van der Waals surface area contributed by atoms with E-state index >= 15 is 0 Å². The number of benzene rings is 1. The van der Waals surface area contributed by atoms with Crippen LogP contribution in [0.5, 0.6) is 5.75 Å². The monoisotopic (exact) mass is 456 g/mol. The lowest BCUT2D eigenvalue weighted by Crippen LogP contribution is -2.28. The van der Waals surface area contributed by atoms with E-state index in [1.54, 1.807) is 18.2 Å². The molecule has 5 heteroatoms. The number of para-hydroxylation sites is 1. The van der Waals surface area contributed by atoms with E-state index in [1.807, 2.05) is 50.3 Å². The van der Waals surface area contributed by atoms with E-state index in [0.717, 1.165) is 25.7 Å². The Morgan fingerprint density at radius 1 is 1.21 bits per heavy atom. The van der Waals surface area contributed by atoms with Crippen LogP contribution in [0.1, 0.15) is 72.1 Å². The number of unbranched alkanes of at least 4 members (excludes halogenated alkanes) is 2. The number of aliphatic hydroxyl groups excluding tert-OH is 2. The number of ketones is 1. The molecule has 0 spiro atoms. The molecule has 0 heterocycles. The molecule has 1 aromatic rings. The molecule has 5 nitrogen and oxygen atoms in total. The summed E-state index contributed by atoms with van der Waals surface area (Å²) in [6.45, 7) is 6.22. The van der Waals surface area contributed by atoms with Gasteiger partial charge in [-0.25, -0.2) is 0 Å². The molecule has 3 unspecified atom stereocenters. The van der Waals surface area contributed by atoms with Gasteiger partial charge in [-0.1, -0.05) is 76.1 Å². The van der Waals surface area contributed by atoms with E-state index < -0.39 is 12.2 Å². The molecule has 0 radical (unpaired) electrons. The fourth-order valence-electron chi connectivity index (χ4n) is 4.20.